The van der Waals surface area contributed by atoms with Crippen LogP contribution in [0, 0.1) is 5.82 Å². The number of carbonyl (C=O) groups is 2. The van der Waals surface area contributed by atoms with Crippen molar-refractivity contribution in [1.82, 2.24) is 4.31 Å². The Morgan fingerprint density at radius 2 is 1.64 bits per heavy atom. The Kier molecular flexibility index (Phi) is 7.52. The molecule has 6 nitrogen and oxygen atoms in total. The molecule has 0 spiro atoms. The van der Waals surface area contributed by atoms with Gasteiger partial charge in [-0.25, -0.2) is 17.7 Å². The molecule has 10 heteroatoms. The fourth-order valence-electron chi connectivity index (χ4n) is 4.05. The van der Waals surface area contributed by atoms with Crippen LogP contribution in [0.15, 0.2) is 71.6 Å². The summed E-state index contributed by atoms with van der Waals surface area (Å²) in [6, 6.07) is 14.9. The Hall–Kier alpha value is -2.78. The molecule has 188 valence electrons. The summed E-state index contributed by atoms with van der Waals surface area (Å²) in [5.41, 5.74) is 1.82. The van der Waals surface area contributed by atoms with E-state index in [0.29, 0.717) is 11.3 Å². The first-order chi connectivity index (χ1) is 17.0. The number of imide groups is 1. The lowest BCUT2D eigenvalue weighted by Gasteiger charge is -2.27. The molecule has 1 heterocycles. The van der Waals surface area contributed by atoms with Gasteiger partial charge in [0.15, 0.2) is 0 Å². The molecule has 3 aromatic carbocycles. The lowest BCUT2D eigenvalue weighted by Crippen LogP contribution is -2.45. The summed E-state index contributed by atoms with van der Waals surface area (Å²) in [6.45, 7) is 3.77. The average Bonchev–Trinajstić information content (AvgIpc) is 3.13. The molecule has 1 fully saturated rings. The van der Waals surface area contributed by atoms with Crippen molar-refractivity contribution in [1.29, 1.82) is 0 Å². The van der Waals surface area contributed by atoms with Crippen LogP contribution < -0.4 is 4.90 Å². The number of halogens is 3. The van der Waals surface area contributed by atoms with E-state index in [0.717, 1.165) is 14.8 Å². The molecule has 2 amide bonds. The zero-order valence-electron chi connectivity index (χ0n) is 19.5. The summed E-state index contributed by atoms with van der Waals surface area (Å²) in [5.74, 6) is -1.44. The third-order valence-corrected chi connectivity index (χ3v) is 8.59. The number of nitrogens with zero attached hydrogens (tertiary/aromatic N) is 2. The predicted molar refractivity (Wildman–Crippen MR) is 137 cm³/mol. The van der Waals surface area contributed by atoms with Gasteiger partial charge < -0.3 is 0 Å². The van der Waals surface area contributed by atoms with Crippen LogP contribution >= 0.6 is 23.2 Å². The zero-order chi connectivity index (χ0) is 26.2. The van der Waals surface area contributed by atoms with Crippen molar-refractivity contribution in [3.8, 4) is 0 Å². The molecule has 3 aromatic rings. The predicted octanol–water partition coefficient (Wildman–Crippen LogP) is 5.78. The smallest absolute Gasteiger partial charge is 0.252 e. The number of benzene rings is 3. The van der Waals surface area contributed by atoms with E-state index in [1.807, 2.05) is 26.0 Å². The summed E-state index contributed by atoms with van der Waals surface area (Å²) in [7, 11) is -4.40. The Morgan fingerprint density at radius 1 is 1.00 bits per heavy atom. The molecule has 36 heavy (non-hydrogen) atoms. The maximum absolute atomic E-state index is 13.8. The minimum absolute atomic E-state index is 0.0820. The monoisotopic (exact) mass is 548 g/mol. The van der Waals surface area contributed by atoms with E-state index in [4.69, 9.17) is 23.2 Å². The minimum Gasteiger partial charge on any atom is -0.274 e. The third kappa shape index (κ3) is 5.18. The highest BCUT2D eigenvalue weighted by Gasteiger charge is 2.47. The lowest BCUT2D eigenvalue weighted by molar-refractivity contribution is -0.122. The molecule has 1 atom stereocenters. The number of hydrogen-bond donors (Lipinski definition) is 0. The number of hydrogen-bond acceptors (Lipinski definition) is 4. The standard InChI is InChI=1S/C26H23Cl2FN2O4S/c1-16(2)18-5-10-21(11-6-18)31-25(32)14-23(26(31)33)30(15-17-3-8-20(29)9-4-17)36(34,35)24-13-19(27)7-12-22(24)28/h3-13,16,23H,14-15H2,1-2H3. The van der Waals surface area contributed by atoms with Crippen LogP contribution in [0.5, 0.6) is 0 Å². The van der Waals surface area contributed by atoms with E-state index in [9.17, 15) is 22.4 Å². The topological polar surface area (TPSA) is 74.8 Å². The van der Waals surface area contributed by atoms with Crippen LogP contribution in [-0.4, -0.2) is 30.6 Å². The average molecular weight is 549 g/mol. The first-order valence-electron chi connectivity index (χ1n) is 11.2. The van der Waals surface area contributed by atoms with Crippen molar-refractivity contribution in [2.45, 2.75) is 43.7 Å². The molecule has 0 N–H and O–H groups in total. The van der Waals surface area contributed by atoms with Gasteiger partial charge in [0.25, 0.3) is 5.91 Å². The molecule has 1 saturated heterocycles. The third-order valence-electron chi connectivity index (χ3n) is 6.02. The molecule has 0 radical (unpaired) electrons. The fraction of sp³-hybridized carbons (Fsp3) is 0.231. The molecule has 0 bridgehead atoms. The fourth-order valence-corrected chi connectivity index (χ4v) is 6.36. The second-order valence-electron chi connectivity index (χ2n) is 8.79. The van der Waals surface area contributed by atoms with Crippen molar-refractivity contribution in [2.24, 2.45) is 0 Å². The normalized spacial score (nSPS) is 16.4. The van der Waals surface area contributed by atoms with Crippen LogP contribution in [0.4, 0.5) is 10.1 Å². The molecule has 1 aliphatic rings. The quantitative estimate of drug-likeness (QED) is 0.351. The van der Waals surface area contributed by atoms with Gasteiger partial charge in [-0.15, -0.1) is 0 Å². The molecular formula is C26H23Cl2FN2O4S. The number of anilines is 1. The van der Waals surface area contributed by atoms with Gasteiger partial charge in [0, 0.05) is 11.6 Å². The van der Waals surface area contributed by atoms with Gasteiger partial charge in [-0.2, -0.15) is 4.31 Å². The molecule has 4 rings (SSSR count). The van der Waals surface area contributed by atoms with E-state index in [1.54, 1.807) is 12.1 Å². The Morgan fingerprint density at radius 3 is 2.25 bits per heavy atom. The van der Waals surface area contributed by atoms with E-state index in [2.05, 4.69) is 0 Å². The Labute approximate surface area is 219 Å². The zero-order valence-corrected chi connectivity index (χ0v) is 21.8. The van der Waals surface area contributed by atoms with Crippen molar-refractivity contribution in [2.75, 3.05) is 4.90 Å². The molecule has 1 aliphatic heterocycles. The largest absolute Gasteiger partial charge is 0.274 e. The van der Waals surface area contributed by atoms with Gasteiger partial charge in [-0.1, -0.05) is 61.3 Å². The highest BCUT2D eigenvalue weighted by molar-refractivity contribution is 7.89. The first kappa shape index (κ1) is 26.3. The van der Waals surface area contributed by atoms with Gasteiger partial charge in [-0.05, 0) is 59.5 Å². The highest BCUT2D eigenvalue weighted by atomic mass is 35.5. The van der Waals surface area contributed by atoms with Crippen molar-refractivity contribution in [3.05, 3.63) is 93.7 Å². The molecule has 0 saturated carbocycles. The summed E-state index contributed by atoms with van der Waals surface area (Å²) in [6.07, 6.45) is -0.358. The molecule has 1 unspecified atom stereocenters. The van der Waals surface area contributed by atoms with Crippen LogP contribution in [0.2, 0.25) is 10.0 Å². The molecule has 0 aliphatic carbocycles. The SMILES string of the molecule is CC(C)c1ccc(N2C(=O)CC(N(Cc3ccc(F)cc3)S(=O)(=O)c3cc(Cl)ccc3Cl)C2=O)cc1. The van der Waals surface area contributed by atoms with E-state index in [-0.39, 0.29) is 33.8 Å². The van der Waals surface area contributed by atoms with Gasteiger partial charge in [0.1, 0.15) is 16.8 Å². The summed E-state index contributed by atoms with van der Waals surface area (Å²) >= 11 is 12.3. The van der Waals surface area contributed by atoms with Gasteiger partial charge >= 0.3 is 0 Å². The van der Waals surface area contributed by atoms with Gasteiger partial charge in [0.05, 0.1) is 17.1 Å². The number of amides is 2. The number of rotatable bonds is 7. The Bertz CT molecular complexity index is 1410. The van der Waals surface area contributed by atoms with Gasteiger partial charge in [-0.3, -0.25) is 9.59 Å². The summed E-state index contributed by atoms with van der Waals surface area (Å²) in [5, 5.41) is 0.0572. The van der Waals surface area contributed by atoms with Crippen molar-refractivity contribution >= 4 is 50.7 Å². The molecular weight excluding hydrogens is 526 g/mol. The molecule has 0 aromatic heterocycles. The maximum atomic E-state index is 13.8. The lowest BCUT2D eigenvalue weighted by atomic mass is 10.0. The van der Waals surface area contributed by atoms with E-state index >= 15 is 0 Å². The maximum Gasteiger partial charge on any atom is 0.252 e. The first-order valence-corrected chi connectivity index (χ1v) is 13.4. The second kappa shape index (κ2) is 10.3. The van der Waals surface area contributed by atoms with Crippen LogP contribution in [0.3, 0.4) is 0 Å². The van der Waals surface area contributed by atoms with Crippen LogP contribution in [0.25, 0.3) is 0 Å². The minimum atomic E-state index is -4.40. The number of sulfonamides is 1. The van der Waals surface area contributed by atoms with Gasteiger partial charge in [0.2, 0.25) is 15.9 Å². The van der Waals surface area contributed by atoms with E-state index < -0.39 is 33.7 Å². The summed E-state index contributed by atoms with van der Waals surface area (Å²) < 4.78 is 42.0. The number of carbonyl (C=O) groups excluding carboxylic acids is 2. The van der Waals surface area contributed by atoms with Crippen LogP contribution in [-0.2, 0) is 26.2 Å². The highest BCUT2D eigenvalue weighted by Crippen LogP contribution is 2.34. The van der Waals surface area contributed by atoms with Crippen molar-refractivity contribution < 1.29 is 22.4 Å². The van der Waals surface area contributed by atoms with Crippen LogP contribution in [0.1, 0.15) is 37.3 Å². The summed E-state index contributed by atoms with van der Waals surface area (Å²) in [4.78, 5) is 27.2. The Balaban J connectivity index is 1.76. The second-order valence-corrected chi connectivity index (χ2v) is 11.5. The van der Waals surface area contributed by atoms with E-state index in [1.165, 1.54) is 42.5 Å². The van der Waals surface area contributed by atoms with Crippen molar-refractivity contribution in [3.63, 3.8) is 0 Å².